The van der Waals surface area contributed by atoms with E-state index in [1.165, 1.54) is 18.5 Å². The highest BCUT2D eigenvalue weighted by molar-refractivity contribution is 9.10. The van der Waals surface area contributed by atoms with Gasteiger partial charge in [0, 0.05) is 15.8 Å². The average Bonchev–Trinajstić information content (AvgIpc) is 3.06. The molecule has 1 N–H and O–H groups in total. The van der Waals surface area contributed by atoms with Crippen molar-refractivity contribution in [1.29, 1.82) is 0 Å². The molecule has 2 heterocycles. The quantitative estimate of drug-likeness (QED) is 0.922. The first-order chi connectivity index (χ1) is 8.22. The van der Waals surface area contributed by atoms with Crippen molar-refractivity contribution < 1.29 is 0 Å². The van der Waals surface area contributed by atoms with Gasteiger partial charge in [0.1, 0.15) is 5.82 Å². The van der Waals surface area contributed by atoms with Crippen molar-refractivity contribution in [2.75, 3.05) is 5.32 Å². The van der Waals surface area contributed by atoms with Gasteiger partial charge in [-0.15, -0.1) is 11.3 Å². The van der Waals surface area contributed by atoms with Crippen molar-refractivity contribution in [2.24, 2.45) is 0 Å². The van der Waals surface area contributed by atoms with Gasteiger partial charge < -0.3 is 5.32 Å². The second kappa shape index (κ2) is 4.38. The summed E-state index contributed by atoms with van der Waals surface area (Å²) in [6, 6.07) is 3.95. The molecule has 0 spiro atoms. The van der Waals surface area contributed by atoms with Gasteiger partial charge in [0.15, 0.2) is 5.13 Å². The fourth-order valence-electron chi connectivity index (χ4n) is 1.63. The van der Waals surface area contributed by atoms with Crippen molar-refractivity contribution in [2.45, 2.75) is 25.7 Å². The maximum absolute atomic E-state index is 4.58. The Morgan fingerprint density at radius 1 is 1.35 bits per heavy atom. The Labute approximate surface area is 112 Å². The van der Waals surface area contributed by atoms with Crippen molar-refractivity contribution in [3.05, 3.63) is 33.4 Å². The van der Waals surface area contributed by atoms with Crippen LogP contribution in [0.2, 0.25) is 0 Å². The zero-order valence-electron chi connectivity index (χ0n) is 9.40. The fraction of sp³-hybridized carbons (Fsp3) is 0.333. The molecular weight excluding hydrogens is 298 g/mol. The Hall–Kier alpha value is -0.940. The molecule has 0 unspecified atom stereocenters. The summed E-state index contributed by atoms with van der Waals surface area (Å²) in [7, 11) is 0. The summed E-state index contributed by atoms with van der Waals surface area (Å²) < 4.78 is 1.03. The van der Waals surface area contributed by atoms with Crippen LogP contribution in [0.5, 0.6) is 0 Å². The Kier molecular flexibility index (Phi) is 2.88. The van der Waals surface area contributed by atoms with Gasteiger partial charge in [-0.3, -0.25) is 0 Å². The van der Waals surface area contributed by atoms with Gasteiger partial charge in [0.2, 0.25) is 0 Å². The highest BCUT2D eigenvalue weighted by atomic mass is 79.9. The van der Waals surface area contributed by atoms with Crippen molar-refractivity contribution in [1.82, 2.24) is 9.97 Å². The van der Waals surface area contributed by atoms with E-state index >= 15 is 0 Å². The van der Waals surface area contributed by atoms with Gasteiger partial charge in [-0.05, 0) is 47.8 Å². The minimum atomic E-state index is 0.710. The summed E-state index contributed by atoms with van der Waals surface area (Å²) in [6.07, 6.45) is 2.58. The van der Waals surface area contributed by atoms with Crippen LogP contribution in [0.25, 0.3) is 0 Å². The molecule has 3 nitrogen and oxygen atoms in total. The number of hydrogen-bond donors (Lipinski definition) is 1. The van der Waals surface area contributed by atoms with E-state index in [0.29, 0.717) is 5.92 Å². The molecule has 1 saturated carbocycles. The van der Waals surface area contributed by atoms with Crippen molar-refractivity contribution in [3.63, 3.8) is 0 Å². The molecule has 88 valence electrons. The van der Waals surface area contributed by atoms with Gasteiger partial charge >= 0.3 is 0 Å². The highest BCUT2D eigenvalue weighted by Gasteiger charge is 2.26. The average molecular weight is 310 g/mol. The van der Waals surface area contributed by atoms with Gasteiger partial charge in [-0.25, -0.2) is 9.97 Å². The minimum absolute atomic E-state index is 0.710. The largest absolute Gasteiger partial charge is 0.316 e. The topological polar surface area (TPSA) is 37.8 Å². The third kappa shape index (κ3) is 2.50. The van der Waals surface area contributed by atoms with Gasteiger partial charge in [-0.1, -0.05) is 0 Å². The van der Waals surface area contributed by atoms with E-state index in [2.05, 4.69) is 36.6 Å². The third-order valence-corrected chi connectivity index (χ3v) is 4.39. The predicted molar refractivity (Wildman–Crippen MR) is 74.0 cm³/mol. The summed E-state index contributed by atoms with van der Waals surface area (Å²) in [5, 5.41) is 6.33. The predicted octanol–water partition coefficient (Wildman–Crippen LogP) is 4.23. The van der Waals surface area contributed by atoms with Crippen LogP contribution in [0.3, 0.4) is 0 Å². The molecule has 0 atom stereocenters. The zero-order chi connectivity index (χ0) is 11.8. The molecule has 0 amide bonds. The number of hydrogen-bond acceptors (Lipinski definition) is 4. The summed E-state index contributed by atoms with van der Waals surface area (Å²) in [6.45, 7) is 1.98. The lowest BCUT2D eigenvalue weighted by Crippen LogP contribution is -1.95. The SMILES string of the molecule is Cc1nc(Nc2nc(C3CC3)cs2)ccc1Br. The standard InChI is InChI=1S/C12H12BrN3S/c1-7-9(13)4-5-11(14-7)16-12-15-10(6-17-12)8-2-3-8/h4-6,8H,2-3H2,1H3,(H,14,15,16). The normalized spacial score (nSPS) is 14.9. The van der Waals surface area contributed by atoms with Crippen LogP contribution in [0.15, 0.2) is 22.0 Å². The first-order valence-electron chi connectivity index (χ1n) is 5.58. The van der Waals surface area contributed by atoms with Crippen LogP contribution >= 0.6 is 27.3 Å². The summed E-state index contributed by atoms with van der Waals surface area (Å²) in [5.41, 5.74) is 2.21. The van der Waals surface area contributed by atoms with Gasteiger partial charge in [0.25, 0.3) is 0 Å². The number of halogens is 1. The van der Waals surface area contributed by atoms with E-state index in [1.807, 2.05) is 19.1 Å². The molecule has 1 fully saturated rings. The van der Waals surface area contributed by atoms with Crippen LogP contribution in [0.1, 0.15) is 30.1 Å². The third-order valence-electron chi connectivity index (χ3n) is 2.77. The van der Waals surface area contributed by atoms with Crippen LogP contribution < -0.4 is 5.32 Å². The van der Waals surface area contributed by atoms with Crippen LogP contribution in [-0.4, -0.2) is 9.97 Å². The Balaban J connectivity index is 1.78. The lowest BCUT2D eigenvalue weighted by molar-refractivity contribution is 1.05. The summed E-state index contributed by atoms with van der Waals surface area (Å²) in [5.74, 6) is 1.56. The maximum Gasteiger partial charge on any atom is 0.188 e. The molecule has 0 aromatic carbocycles. The Morgan fingerprint density at radius 3 is 2.88 bits per heavy atom. The number of nitrogens with one attached hydrogen (secondary N) is 1. The molecule has 1 aliphatic rings. The van der Waals surface area contributed by atoms with Crippen molar-refractivity contribution in [3.8, 4) is 0 Å². The van der Waals surface area contributed by atoms with E-state index in [0.717, 1.165) is 21.1 Å². The minimum Gasteiger partial charge on any atom is -0.316 e. The molecule has 0 radical (unpaired) electrons. The number of pyridine rings is 1. The molecule has 0 aliphatic heterocycles. The zero-order valence-corrected chi connectivity index (χ0v) is 11.8. The van der Waals surface area contributed by atoms with Crippen molar-refractivity contribution >= 4 is 38.2 Å². The molecule has 5 heteroatoms. The number of thiazole rings is 1. The van der Waals surface area contributed by atoms with Crippen LogP contribution in [-0.2, 0) is 0 Å². The second-order valence-electron chi connectivity index (χ2n) is 4.24. The molecule has 2 aromatic heterocycles. The summed E-state index contributed by atoms with van der Waals surface area (Å²) >= 11 is 5.09. The lowest BCUT2D eigenvalue weighted by atomic mass is 10.3. The van der Waals surface area contributed by atoms with E-state index in [-0.39, 0.29) is 0 Å². The number of aryl methyl sites for hydroxylation is 1. The van der Waals surface area contributed by atoms with E-state index in [4.69, 9.17) is 0 Å². The van der Waals surface area contributed by atoms with Gasteiger partial charge in [-0.2, -0.15) is 0 Å². The first kappa shape index (κ1) is 11.2. The molecule has 1 aliphatic carbocycles. The van der Waals surface area contributed by atoms with E-state index < -0.39 is 0 Å². The molecule has 2 aromatic rings. The molecule has 3 rings (SSSR count). The smallest absolute Gasteiger partial charge is 0.188 e. The molecule has 0 bridgehead atoms. The first-order valence-corrected chi connectivity index (χ1v) is 7.25. The van der Waals surface area contributed by atoms with Gasteiger partial charge in [0.05, 0.1) is 11.4 Å². The Morgan fingerprint density at radius 2 is 2.18 bits per heavy atom. The maximum atomic E-state index is 4.58. The Bertz CT molecular complexity index is 548. The number of nitrogens with zero attached hydrogens (tertiary/aromatic N) is 2. The van der Waals surface area contributed by atoms with E-state index in [1.54, 1.807) is 11.3 Å². The second-order valence-corrected chi connectivity index (χ2v) is 5.95. The molecule has 0 saturated heterocycles. The molecule has 17 heavy (non-hydrogen) atoms. The molecular formula is C12H12BrN3S. The number of rotatable bonds is 3. The number of aromatic nitrogens is 2. The number of anilines is 2. The van der Waals surface area contributed by atoms with E-state index in [9.17, 15) is 0 Å². The highest BCUT2D eigenvalue weighted by Crippen LogP contribution is 2.41. The fourth-order valence-corrected chi connectivity index (χ4v) is 2.65. The lowest BCUT2D eigenvalue weighted by Gasteiger charge is -2.03. The van der Waals surface area contributed by atoms with Crippen LogP contribution in [0, 0.1) is 6.92 Å². The van der Waals surface area contributed by atoms with Crippen LogP contribution in [0.4, 0.5) is 10.9 Å². The summed E-state index contributed by atoms with van der Waals surface area (Å²) in [4.78, 5) is 9.02. The monoisotopic (exact) mass is 309 g/mol.